The lowest BCUT2D eigenvalue weighted by Crippen LogP contribution is -2.33. The molecule has 1 saturated heterocycles. The Morgan fingerprint density at radius 1 is 1.08 bits per heavy atom. The minimum absolute atomic E-state index is 0.0837. The van der Waals surface area contributed by atoms with E-state index in [9.17, 15) is 14.4 Å². The maximum Gasteiger partial charge on any atom is 0.317 e. The number of carbonyl (C=O) groups is 3. The fraction of sp³-hybridized carbons (Fsp3) is 0.833. The van der Waals surface area contributed by atoms with E-state index in [0.29, 0.717) is 32.5 Å². The summed E-state index contributed by atoms with van der Waals surface area (Å²) < 4.78 is 10.9. The fourth-order valence-corrected chi connectivity index (χ4v) is 3.83. The summed E-state index contributed by atoms with van der Waals surface area (Å²) in [6, 6.07) is -0.157. The zero-order chi connectivity index (χ0) is 28.8. The van der Waals surface area contributed by atoms with Gasteiger partial charge in [-0.2, -0.15) is 0 Å². The molecule has 8 nitrogen and oxygen atoms in total. The smallest absolute Gasteiger partial charge is 0.317 e. The number of allylic oxidation sites excluding steroid dienone is 2. The summed E-state index contributed by atoms with van der Waals surface area (Å²) in [5, 5.41) is 11.9. The highest BCUT2D eigenvalue weighted by molar-refractivity contribution is 5.80. The van der Waals surface area contributed by atoms with Crippen molar-refractivity contribution in [2.45, 2.75) is 118 Å². The van der Waals surface area contributed by atoms with Gasteiger partial charge in [-0.1, -0.05) is 78.4 Å². The molecule has 1 fully saturated rings. The predicted octanol–water partition coefficient (Wildman–Crippen LogP) is 6.01. The highest BCUT2D eigenvalue weighted by atomic mass is 16.6. The molecule has 1 unspecified atom stereocenters. The van der Waals surface area contributed by atoms with Gasteiger partial charge in [-0.25, -0.2) is 4.79 Å². The second-order valence-electron chi connectivity index (χ2n) is 11.3. The second kappa shape index (κ2) is 21.8. The van der Waals surface area contributed by atoms with Crippen LogP contribution in [-0.2, 0) is 19.1 Å². The van der Waals surface area contributed by atoms with Crippen LogP contribution in [-0.4, -0.2) is 66.4 Å². The van der Waals surface area contributed by atoms with E-state index in [1.54, 1.807) is 18.7 Å². The zero-order valence-electron chi connectivity index (χ0n) is 25.1. The van der Waals surface area contributed by atoms with Crippen LogP contribution < -0.4 is 5.32 Å². The van der Waals surface area contributed by atoms with Gasteiger partial charge in [-0.15, -0.1) is 0 Å². The number of hydrogen-bond donors (Lipinski definition) is 2. The van der Waals surface area contributed by atoms with E-state index < -0.39 is 23.5 Å². The molecule has 0 aromatic carbocycles. The Balaban J connectivity index is 0.00000318. The number of nitrogens with zero attached hydrogens (tertiary/aromatic N) is 1. The lowest BCUT2D eigenvalue weighted by Gasteiger charge is -2.25. The quantitative estimate of drug-likeness (QED) is 0.118. The SMILES string of the molecule is CC(C)C.CCCCCCCCC/C=C/CC(CC(=O)OC(C)(C)CCO)C(=O)OCCN1CCNC1=O. The largest absolute Gasteiger partial charge is 0.464 e. The van der Waals surface area contributed by atoms with E-state index in [2.05, 4.69) is 39.1 Å². The first-order chi connectivity index (χ1) is 18.0. The van der Waals surface area contributed by atoms with Gasteiger partial charge in [0.25, 0.3) is 0 Å². The lowest BCUT2D eigenvalue weighted by atomic mass is 10.00. The molecule has 0 saturated carbocycles. The predicted molar refractivity (Wildman–Crippen MR) is 153 cm³/mol. The number of urea groups is 1. The number of ether oxygens (including phenoxy) is 2. The number of nitrogens with one attached hydrogen (secondary N) is 1. The van der Waals surface area contributed by atoms with E-state index in [1.165, 1.54) is 38.5 Å². The van der Waals surface area contributed by atoms with Crippen molar-refractivity contribution >= 4 is 18.0 Å². The molecule has 1 aliphatic heterocycles. The average Bonchev–Trinajstić information content (AvgIpc) is 3.23. The van der Waals surface area contributed by atoms with Crippen molar-refractivity contribution in [3.8, 4) is 0 Å². The third-order valence-corrected chi connectivity index (χ3v) is 5.96. The maximum absolute atomic E-state index is 12.7. The molecule has 2 N–H and O–H groups in total. The molecule has 0 bridgehead atoms. The van der Waals surface area contributed by atoms with Crippen LogP contribution in [0.3, 0.4) is 0 Å². The molecule has 1 aliphatic rings. The summed E-state index contributed by atoms with van der Waals surface area (Å²) >= 11 is 0. The van der Waals surface area contributed by atoms with Gasteiger partial charge < -0.3 is 24.8 Å². The van der Waals surface area contributed by atoms with E-state index in [1.807, 2.05) is 6.08 Å². The molecule has 0 aromatic rings. The summed E-state index contributed by atoms with van der Waals surface area (Å²) in [5.41, 5.74) is -0.795. The first-order valence-corrected chi connectivity index (χ1v) is 14.7. The zero-order valence-corrected chi connectivity index (χ0v) is 25.1. The highest BCUT2D eigenvalue weighted by Crippen LogP contribution is 2.19. The molecule has 0 spiro atoms. The molecule has 222 valence electrons. The van der Waals surface area contributed by atoms with E-state index in [4.69, 9.17) is 14.6 Å². The van der Waals surface area contributed by atoms with Gasteiger partial charge in [-0.3, -0.25) is 9.59 Å². The summed E-state index contributed by atoms with van der Waals surface area (Å²) in [6.45, 7) is 13.7. The lowest BCUT2D eigenvalue weighted by molar-refractivity contribution is -0.163. The van der Waals surface area contributed by atoms with Gasteiger partial charge in [-0.05, 0) is 39.0 Å². The maximum atomic E-state index is 12.7. The topological polar surface area (TPSA) is 105 Å². The molecule has 2 amide bonds. The molecule has 0 radical (unpaired) electrons. The molecule has 0 aliphatic carbocycles. The van der Waals surface area contributed by atoms with Crippen LogP contribution in [0.4, 0.5) is 4.79 Å². The van der Waals surface area contributed by atoms with Crippen LogP contribution in [0.1, 0.15) is 112 Å². The van der Waals surface area contributed by atoms with Crippen molar-refractivity contribution in [2.24, 2.45) is 11.8 Å². The van der Waals surface area contributed by atoms with Crippen LogP contribution >= 0.6 is 0 Å². The number of carbonyl (C=O) groups excluding carboxylic acids is 3. The fourth-order valence-electron chi connectivity index (χ4n) is 3.83. The van der Waals surface area contributed by atoms with Crippen LogP contribution in [0.5, 0.6) is 0 Å². The van der Waals surface area contributed by atoms with Gasteiger partial charge in [0.2, 0.25) is 0 Å². The molecular weight excluding hydrogens is 484 g/mol. The molecule has 8 heteroatoms. The number of esters is 2. The molecule has 1 atom stereocenters. The van der Waals surface area contributed by atoms with Crippen LogP contribution in [0.25, 0.3) is 0 Å². The molecule has 1 rings (SSSR count). The Labute approximate surface area is 231 Å². The van der Waals surface area contributed by atoms with Crippen molar-refractivity contribution in [2.75, 3.05) is 32.8 Å². The summed E-state index contributed by atoms with van der Waals surface area (Å²) in [4.78, 5) is 38.4. The molecule has 0 aromatic heterocycles. The van der Waals surface area contributed by atoms with Gasteiger partial charge in [0.1, 0.15) is 12.2 Å². The first kappa shape index (κ1) is 35.9. The van der Waals surface area contributed by atoms with Crippen molar-refractivity contribution < 1.29 is 29.0 Å². The Bertz CT molecular complexity index is 675. The molecule has 38 heavy (non-hydrogen) atoms. The number of aliphatic hydroxyl groups is 1. The Morgan fingerprint density at radius 2 is 1.71 bits per heavy atom. The van der Waals surface area contributed by atoms with Crippen LogP contribution in [0.15, 0.2) is 12.2 Å². The van der Waals surface area contributed by atoms with Gasteiger partial charge in [0, 0.05) is 26.1 Å². The average molecular weight is 541 g/mol. The summed E-state index contributed by atoms with van der Waals surface area (Å²) in [5.74, 6) is -0.757. The Morgan fingerprint density at radius 3 is 2.29 bits per heavy atom. The van der Waals surface area contributed by atoms with Gasteiger partial charge in [0.05, 0.1) is 18.9 Å². The third kappa shape index (κ3) is 19.9. The molecule has 1 heterocycles. The van der Waals surface area contributed by atoms with Crippen molar-refractivity contribution in [1.82, 2.24) is 10.2 Å². The number of rotatable bonds is 19. The van der Waals surface area contributed by atoms with Crippen molar-refractivity contribution in [3.05, 3.63) is 12.2 Å². The number of amides is 2. The highest BCUT2D eigenvalue weighted by Gasteiger charge is 2.28. The number of unbranched alkanes of at least 4 members (excludes halogenated alkanes) is 7. The third-order valence-electron chi connectivity index (χ3n) is 5.96. The van der Waals surface area contributed by atoms with Crippen molar-refractivity contribution in [1.29, 1.82) is 0 Å². The number of aliphatic hydroxyl groups excluding tert-OH is 1. The van der Waals surface area contributed by atoms with E-state index in [-0.39, 0.29) is 25.7 Å². The van der Waals surface area contributed by atoms with Crippen LogP contribution in [0.2, 0.25) is 0 Å². The Hall–Kier alpha value is -2.09. The van der Waals surface area contributed by atoms with Crippen LogP contribution in [0, 0.1) is 11.8 Å². The van der Waals surface area contributed by atoms with Gasteiger partial charge >= 0.3 is 18.0 Å². The Kier molecular flexibility index (Phi) is 20.6. The second-order valence-corrected chi connectivity index (χ2v) is 11.3. The van der Waals surface area contributed by atoms with E-state index >= 15 is 0 Å². The summed E-state index contributed by atoms with van der Waals surface area (Å²) in [7, 11) is 0. The summed E-state index contributed by atoms with van der Waals surface area (Å²) in [6.07, 6.45) is 14.4. The minimum atomic E-state index is -0.795. The van der Waals surface area contributed by atoms with E-state index in [0.717, 1.165) is 18.8 Å². The normalized spacial score (nSPS) is 14.3. The molecular formula is C30H56N2O6. The minimum Gasteiger partial charge on any atom is -0.464 e. The van der Waals surface area contributed by atoms with Gasteiger partial charge in [0.15, 0.2) is 0 Å². The number of hydrogen-bond acceptors (Lipinski definition) is 6. The monoisotopic (exact) mass is 540 g/mol. The first-order valence-electron chi connectivity index (χ1n) is 14.7. The van der Waals surface area contributed by atoms with Crippen molar-refractivity contribution in [3.63, 3.8) is 0 Å². The standard InChI is InChI=1S/C26H46N2O6.C4H10/c1-4-5-6-7-8-9-10-11-12-13-14-22(21-23(30)34-26(2,3)15-19-29)24(31)33-20-18-28-17-16-27-25(28)32;1-4(2)3/h12-13,22,29H,4-11,14-21H2,1-3H3,(H,27,32);4H,1-3H3/b13-12+;.